The first kappa shape index (κ1) is 63.4. The molecule has 4 saturated heterocycles. The van der Waals surface area contributed by atoms with Crippen LogP contribution in [-0.4, -0.2) is 227 Å². The summed E-state index contributed by atoms with van der Waals surface area (Å²) in [6, 6.07) is 0. The Morgan fingerprint density at radius 3 is 1.83 bits per heavy atom. The normalized spacial score (nSPS) is 52.7. The molecule has 0 aromatic carbocycles. The van der Waals surface area contributed by atoms with E-state index >= 15 is 4.79 Å². The fraction of sp³-hybridized carbons (Fsp3) is 0.893. The zero-order chi connectivity index (χ0) is 60.3. The maximum atomic E-state index is 15.6. The van der Waals surface area contributed by atoms with Crippen molar-refractivity contribution in [1.82, 2.24) is 0 Å². The average Bonchev–Trinajstić information content (AvgIpc) is 0.791. The summed E-state index contributed by atoms with van der Waals surface area (Å²) in [6.45, 7) is 15.5. The largest absolute Gasteiger partial charge is 0.481 e. The second-order valence-corrected chi connectivity index (χ2v) is 26.6. The number of rotatable bonds is 13. The molecule has 4 aliphatic heterocycles. The van der Waals surface area contributed by atoms with E-state index in [1.54, 1.807) is 0 Å². The fourth-order valence-corrected chi connectivity index (χ4v) is 16.8. The molecule has 0 amide bonds. The minimum atomic E-state index is -1.97. The molecule has 30 atom stereocenters. The van der Waals surface area contributed by atoms with Crippen LogP contribution in [0.2, 0.25) is 0 Å². The van der Waals surface area contributed by atoms with E-state index in [-0.39, 0.29) is 24.2 Å². The standard InChI is InChI=1S/C56H86O26/c1-22-40(78-46-36(66)32(62)31(61)28(20-57)77-46)34(64)38(68)45(74-22)79-42-39(69)41(76-24(3)59)23(2)75-48(42)82-50(72)56-16-14-51(4,5)18-26(56)25-10-11-29-52(6)19-27(60)43(80-47-37(67)33(63)35(65)44(81-47)73-21-58)55(9,49(70)71)30(52)12-13-54(29,8)53(25,7)15-17-56/h10,21-23,26-48,57,60-69H,11-20H2,1-9H3,(H,70,71)/t22?,23?,26-,27-,28?,29?,30+,31+,32-,33-,34+,35-,36?,37?,38?,39?,40-,41-,42+,43-,44?,45-,46-,47+,48-,52+,53+,54+,55-,56-/m0/s1. The highest BCUT2D eigenvalue weighted by Gasteiger charge is 2.73. The van der Waals surface area contributed by atoms with Gasteiger partial charge in [0.2, 0.25) is 12.6 Å². The van der Waals surface area contributed by atoms with Gasteiger partial charge in [0.25, 0.3) is 6.47 Å². The van der Waals surface area contributed by atoms with Gasteiger partial charge in [-0.25, -0.2) is 0 Å². The summed E-state index contributed by atoms with van der Waals surface area (Å²) in [5.74, 6) is -3.92. The van der Waals surface area contributed by atoms with Gasteiger partial charge in [0, 0.05) is 6.92 Å². The Morgan fingerprint density at radius 2 is 1.20 bits per heavy atom. The highest BCUT2D eigenvalue weighted by atomic mass is 16.8. The van der Waals surface area contributed by atoms with E-state index in [2.05, 4.69) is 33.8 Å². The summed E-state index contributed by atoms with van der Waals surface area (Å²) < 4.78 is 58.2. The second kappa shape index (κ2) is 22.9. The molecule has 26 nitrogen and oxygen atoms in total. The molecule has 0 spiro atoms. The number of aliphatic hydroxyl groups is 11. The number of carboxylic acid groups (broad SMARTS) is 1. The quantitative estimate of drug-likeness (QED) is 0.0337. The van der Waals surface area contributed by atoms with Crippen molar-refractivity contribution in [3.63, 3.8) is 0 Å². The van der Waals surface area contributed by atoms with Crippen molar-refractivity contribution in [2.24, 2.45) is 50.2 Å². The predicted octanol–water partition coefficient (Wildman–Crippen LogP) is -1.24. The van der Waals surface area contributed by atoms with Crippen molar-refractivity contribution in [3.8, 4) is 0 Å². The van der Waals surface area contributed by atoms with Crippen molar-refractivity contribution in [2.45, 2.75) is 255 Å². The Kier molecular flexibility index (Phi) is 17.7. The lowest BCUT2D eigenvalue weighted by atomic mass is 9.33. The second-order valence-electron chi connectivity index (χ2n) is 26.6. The first-order valence-corrected chi connectivity index (χ1v) is 28.7. The van der Waals surface area contributed by atoms with Crippen LogP contribution in [0.3, 0.4) is 0 Å². The summed E-state index contributed by atoms with van der Waals surface area (Å²) in [5, 5.41) is 131. The maximum absolute atomic E-state index is 15.6. The average molecular weight is 1180 g/mol. The SMILES string of the molecule is CC(=O)O[C@H]1C(C)O[C@@H](OC(=O)[C@]23CCC(C)(C)C[C@H]2C2=CCC4[C@@]5(C)C[C@H](O)[C@H](O[C@@H]6OC(OC=O)[C@@H](O)[C@H](O)C6O)[C@@](C)(C(=O)O)[C@@H]5CC[C@@]4(C)[C@]2(C)CC3)[C@H](O[C@@H]2OC(C)[C@H](O[C@@H]3OC(CO)[C@@H](O)[C@H](O)C3O)[C@H](O)C2O)C1O. The summed E-state index contributed by atoms with van der Waals surface area (Å²) in [7, 11) is 0. The highest BCUT2D eigenvalue weighted by molar-refractivity contribution is 5.79. The molecule has 8 fully saturated rings. The molecule has 9 rings (SSSR count). The first-order valence-electron chi connectivity index (χ1n) is 28.7. The monoisotopic (exact) mass is 1170 g/mol. The van der Waals surface area contributed by atoms with Gasteiger partial charge < -0.3 is 109 Å². The van der Waals surface area contributed by atoms with Crippen LogP contribution in [0.15, 0.2) is 11.6 Å². The molecule has 4 heterocycles. The van der Waals surface area contributed by atoms with Crippen LogP contribution in [-0.2, 0) is 66.5 Å². The Balaban J connectivity index is 0.978. The predicted molar refractivity (Wildman–Crippen MR) is 273 cm³/mol. The van der Waals surface area contributed by atoms with Crippen LogP contribution < -0.4 is 0 Å². The molecule has 9 unspecified atom stereocenters. The molecule has 0 radical (unpaired) electrons. The summed E-state index contributed by atoms with van der Waals surface area (Å²) in [5.41, 5.74) is -4.11. The summed E-state index contributed by atoms with van der Waals surface area (Å²) in [6.07, 6.45) is -30.5. The number of hydrogen-bond acceptors (Lipinski definition) is 25. The minimum absolute atomic E-state index is 0.0191. The highest BCUT2D eigenvalue weighted by Crippen LogP contribution is 2.76. The Morgan fingerprint density at radius 1 is 0.622 bits per heavy atom. The molecule has 26 heteroatoms. The van der Waals surface area contributed by atoms with Crippen molar-refractivity contribution >= 4 is 24.4 Å². The molecule has 82 heavy (non-hydrogen) atoms. The van der Waals surface area contributed by atoms with Gasteiger partial charge in [0.05, 0.1) is 35.7 Å². The van der Waals surface area contributed by atoms with E-state index in [1.807, 2.05) is 6.92 Å². The van der Waals surface area contributed by atoms with Crippen LogP contribution in [0.25, 0.3) is 0 Å². The molecular formula is C56H86O26. The Hall–Kier alpha value is -3.10. The third-order valence-corrected chi connectivity index (χ3v) is 21.6. The molecule has 0 aromatic heterocycles. The van der Waals surface area contributed by atoms with Gasteiger partial charge in [-0.3, -0.25) is 19.2 Å². The zero-order valence-electron chi connectivity index (χ0n) is 47.7. The van der Waals surface area contributed by atoms with Crippen molar-refractivity contribution in [1.29, 1.82) is 0 Å². The lowest BCUT2D eigenvalue weighted by Gasteiger charge is -2.71. The lowest BCUT2D eigenvalue weighted by Crippen LogP contribution is -2.70. The van der Waals surface area contributed by atoms with E-state index in [0.717, 1.165) is 12.5 Å². The molecule has 0 bridgehead atoms. The minimum Gasteiger partial charge on any atom is -0.481 e. The van der Waals surface area contributed by atoms with Crippen LogP contribution in [0.1, 0.15) is 120 Å². The number of aliphatic hydroxyl groups excluding tert-OH is 11. The molecule has 9 aliphatic rings. The molecule has 4 saturated carbocycles. The zero-order valence-corrected chi connectivity index (χ0v) is 47.7. The maximum Gasteiger partial charge on any atom is 0.315 e. The van der Waals surface area contributed by atoms with E-state index in [0.29, 0.717) is 51.4 Å². The van der Waals surface area contributed by atoms with Gasteiger partial charge in [-0.15, -0.1) is 0 Å². The van der Waals surface area contributed by atoms with Gasteiger partial charge in [0.1, 0.15) is 73.2 Å². The van der Waals surface area contributed by atoms with E-state index < -0.39 is 199 Å². The van der Waals surface area contributed by atoms with Gasteiger partial charge in [-0.1, -0.05) is 46.3 Å². The molecule has 466 valence electrons. The van der Waals surface area contributed by atoms with Crippen LogP contribution in [0.4, 0.5) is 0 Å². The molecular weight excluding hydrogens is 1090 g/mol. The van der Waals surface area contributed by atoms with Crippen molar-refractivity contribution in [3.05, 3.63) is 11.6 Å². The van der Waals surface area contributed by atoms with Gasteiger partial charge in [0.15, 0.2) is 31.1 Å². The van der Waals surface area contributed by atoms with Gasteiger partial charge in [-0.2, -0.15) is 0 Å². The Bertz CT molecular complexity index is 2390. The van der Waals surface area contributed by atoms with Crippen LogP contribution >= 0.6 is 0 Å². The third kappa shape index (κ3) is 10.2. The van der Waals surface area contributed by atoms with Crippen molar-refractivity contribution < 1.29 is 128 Å². The fourth-order valence-electron chi connectivity index (χ4n) is 16.8. The Labute approximate surface area is 474 Å². The molecule has 12 N–H and O–H groups in total. The first-order chi connectivity index (χ1) is 38.3. The number of aliphatic carboxylic acids is 1. The lowest BCUT2D eigenvalue weighted by molar-refractivity contribution is -0.378. The number of carbonyl (C=O) groups is 4. The number of carbonyl (C=O) groups excluding carboxylic acids is 3. The van der Waals surface area contributed by atoms with Crippen molar-refractivity contribution in [2.75, 3.05) is 6.61 Å². The number of fused-ring (bicyclic) bond motifs is 7. The number of ether oxygens (including phenoxy) is 10. The topological polar surface area (TPSA) is 403 Å². The third-order valence-electron chi connectivity index (χ3n) is 21.6. The van der Waals surface area contributed by atoms with E-state index in [4.69, 9.17) is 47.4 Å². The smallest absolute Gasteiger partial charge is 0.315 e. The van der Waals surface area contributed by atoms with Gasteiger partial charge >= 0.3 is 17.9 Å². The van der Waals surface area contributed by atoms with Crippen LogP contribution in [0.5, 0.6) is 0 Å². The summed E-state index contributed by atoms with van der Waals surface area (Å²) in [4.78, 5) is 52.9. The van der Waals surface area contributed by atoms with E-state index in [1.165, 1.54) is 20.8 Å². The van der Waals surface area contributed by atoms with Crippen LogP contribution in [0, 0.1) is 50.2 Å². The summed E-state index contributed by atoms with van der Waals surface area (Å²) >= 11 is 0. The number of esters is 2. The van der Waals surface area contributed by atoms with E-state index in [9.17, 15) is 75.7 Å². The van der Waals surface area contributed by atoms with Gasteiger partial charge in [-0.05, 0) is 118 Å². The number of carboxylic acids is 1. The molecule has 5 aliphatic carbocycles. The number of hydrogen-bond donors (Lipinski definition) is 12. The molecule has 0 aromatic rings. The number of allylic oxidation sites excluding steroid dienone is 2.